The number of benzene rings is 1. The Morgan fingerprint density at radius 1 is 1.24 bits per heavy atom. The third kappa shape index (κ3) is 2.18. The van der Waals surface area contributed by atoms with E-state index in [-0.39, 0.29) is 0 Å². The second-order valence-corrected chi connectivity index (χ2v) is 4.73. The average Bonchev–Trinajstić information content (AvgIpc) is 2.36. The molecule has 0 aliphatic rings. The number of hydrogen-bond acceptors (Lipinski definition) is 2. The molecular formula is C15H20N2. The van der Waals surface area contributed by atoms with Crippen LogP contribution in [-0.4, -0.2) is 4.98 Å². The maximum Gasteiger partial charge on any atom is 0.0740 e. The Bertz CT molecular complexity index is 530. The van der Waals surface area contributed by atoms with Gasteiger partial charge >= 0.3 is 0 Å². The van der Waals surface area contributed by atoms with Crippen molar-refractivity contribution in [3.05, 3.63) is 41.1 Å². The highest BCUT2D eigenvalue weighted by atomic mass is 14.7. The van der Waals surface area contributed by atoms with Crippen LogP contribution >= 0.6 is 0 Å². The maximum absolute atomic E-state index is 5.85. The fourth-order valence-electron chi connectivity index (χ4n) is 2.15. The van der Waals surface area contributed by atoms with Gasteiger partial charge in [0.1, 0.15) is 0 Å². The van der Waals surface area contributed by atoms with Crippen molar-refractivity contribution in [2.24, 2.45) is 5.73 Å². The van der Waals surface area contributed by atoms with Crippen molar-refractivity contribution < 1.29 is 0 Å². The summed E-state index contributed by atoms with van der Waals surface area (Å²) in [6.45, 7) is 7.08. The first-order valence-corrected chi connectivity index (χ1v) is 6.28. The zero-order valence-corrected chi connectivity index (χ0v) is 10.8. The molecule has 2 aromatic rings. The standard InChI is InChI=1S/C15H20N2/c1-4-11-6-5-7-13-12(9-16)8-14(10(2)3)17-15(11)13/h5-8,10H,4,9,16H2,1-3H3. The SMILES string of the molecule is CCc1cccc2c(CN)cc(C(C)C)nc12. The van der Waals surface area contributed by atoms with Crippen molar-refractivity contribution in [3.8, 4) is 0 Å². The predicted molar refractivity (Wildman–Crippen MR) is 73.1 cm³/mol. The summed E-state index contributed by atoms with van der Waals surface area (Å²) in [5, 5.41) is 1.20. The number of nitrogens with two attached hydrogens (primary N) is 1. The molecular weight excluding hydrogens is 208 g/mol. The molecule has 2 N–H and O–H groups in total. The van der Waals surface area contributed by atoms with Gasteiger partial charge < -0.3 is 5.73 Å². The molecule has 1 heterocycles. The molecule has 0 atom stereocenters. The van der Waals surface area contributed by atoms with Crippen LogP contribution in [-0.2, 0) is 13.0 Å². The highest BCUT2D eigenvalue weighted by molar-refractivity contribution is 5.85. The van der Waals surface area contributed by atoms with Crippen molar-refractivity contribution in [1.82, 2.24) is 4.98 Å². The molecule has 2 rings (SSSR count). The summed E-state index contributed by atoms with van der Waals surface area (Å²) in [4.78, 5) is 4.80. The van der Waals surface area contributed by atoms with Gasteiger partial charge in [0.25, 0.3) is 0 Å². The topological polar surface area (TPSA) is 38.9 Å². The van der Waals surface area contributed by atoms with Gasteiger partial charge in [0.2, 0.25) is 0 Å². The van der Waals surface area contributed by atoms with Gasteiger partial charge in [0, 0.05) is 17.6 Å². The first-order chi connectivity index (χ1) is 8.17. The first-order valence-electron chi connectivity index (χ1n) is 6.28. The van der Waals surface area contributed by atoms with Crippen LogP contribution in [0.4, 0.5) is 0 Å². The first kappa shape index (κ1) is 12.1. The lowest BCUT2D eigenvalue weighted by atomic mass is 10.00. The Balaban J connectivity index is 2.78. The summed E-state index contributed by atoms with van der Waals surface area (Å²) in [5.41, 5.74) is 10.6. The Kier molecular flexibility index (Phi) is 3.43. The van der Waals surface area contributed by atoms with Crippen molar-refractivity contribution in [3.63, 3.8) is 0 Å². The molecule has 0 aliphatic carbocycles. The highest BCUT2D eigenvalue weighted by Gasteiger charge is 2.09. The smallest absolute Gasteiger partial charge is 0.0740 e. The quantitative estimate of drug-likeness (QED) is 0.874. The highest BCUT2D eigenvalue weighted by Crippen LogP contribution is 2.24. The lowest BCUT2D eigenvalue weighted by Gasteiger charge is -2.12. The molecule has 0 spiro atoms. The van der Waals surface area contributed by atoms with Crippen LogP contribution in [0.1, 0.15) is 43.5 Å². The molecule has 90 valence electrons. The maximum atomic E-state index is 5.85. The van der Waals surface area contributed by atoms with E-state index in [1.54, 1.807) is 0 Å². The van der Waals surface area contributed by atoms with Crippen LogP contribution < -0.4 is 5.73 Å². The summed E-state index contributed by atoms with van der Waals surface area (Å²) in [7, 11) is 0. The third-order valence-corrected chi connectivity index (χ3v) is 3.22. The van der Waals surface area contributed by atoms with Crippen molar-refractivity contribution >= 4 is 10.9 Å². The van der Waals surface area contributed by atoms with Gasteiger partial charge in [-0.3, -0.25) is 4.98 Å². The molecule has 0 bridgehead atoms. The largest absolute Gasteiger partial charge is 0.326 e. The van der Waals surface area contributed by atoms with E-state index >= 15 is 0 Å². The fraction of sp³-hybridized carbons (Fsp3) is 0.400. The number of para-hydroxylation sites is 1. The number of hydrogen-bond donors (Lipinski definition) is 1. The minimum Gasteiger partial charge on any atom is -0.326 e. The molecule has 1 aromatic carbocycles. The Labute approximate surface area is 103 Å². The van der Waals surface area contributed by atoms with Crippen LogP contribution in [0.3, 0.4) is 0 Å². The lowest BCUT2D eigenvalue weighted by molar-refractivity contribution is 0.824. The number of fused-ring (bicyclic) bond motifs is 1. The normalized spacial score (nSPS) is 11.4. The monoisotopic (exact) mass is 228 g/mol. The van der Waals surface area contributed by atoms with E-state index in [9.17, 15) is 0 Å². The molecule has 0 amide bonds. The molecule has 0 unspecified atom stereocenters. The van der Waals surface area contributed by atoms with Crippen molar-refractivity contribution in [2.45, 2.75) is 39.7 Å². The molecule has 17 heavy (non-hydrogen) atoms. The van der Waals surface area contributed by atoms with E-state index in [1.165, 1.54) is 16.5 Å². The Hall–Kier alpha value is -1.41. The van der Waals surface area contributed by atoms with Crippen LogP contribution in [0.15, 0.2) is 24.3 Å². The molecule has 2 nitrogen and oxygen atoms in total. The van der Waals surface area contributed by atoms with Gasteiger partial charge in [-0.05, 0) is 29.5 Å². The molecule has 0 fully saturated rings. The summed E-state index contributed by atoms with van der Waals surface area (Å²) >= 11 is 0. The van der Waals surface area contributed by atoms with E-state index in [0.29, 0.717) is 12.5 Å². The lowest BCUT2D eigenvalue weighted by Crippen LogP contribution is -2.03. The summed E-state index contributed by atoms with van der Waals surface area (Å²) < 4.78 is 0. The Morgan fingerprint density at radius 2 is 2.00 bits per heavy atom. The molecule has 0 saturated heterocycles. The van der Waals surface area contributed by atoms with Gasteiger partial charge in [-0.15, -0.1) is 0 Å². The van der Waals surface area contributed by atoms with Gasteiger partial charge in [-0.2, -0.15) is 0 Å². The molecule has 2 heteroatoms. The molecule has 0 aliphatic heterocycles. The third-order valence-electron chi connectivity index (χ3n) is 3.22. The minimum absolute atomic E-state index is 0.439. The number of nitrogens with zero attached hydrogens (tertiary/aromatic N) is 1. The number of rotatable bonds is 3. The summed E-state index contributed by atoms with van der Waals surface area (Å²) in [6, 6.07) is 8.51. The van der Waals surface area contributed by atoms with E-state index in [4.69, 9.17) is 10.7 Å². The zero-order valence-electron chi connectivity index (χ0n) is 10.8. The fourth-order valence-corrected chi connectivity index (χ4v) is 2.15. The zero-order chi connectivity index (χ0) is 12.4. The van der Waals surface area contributed by atoms with Crippen LogP contribution in [0.2, 0.25) is 0 Å². The summed E-state index contributed by atoms with van der Waals surface area (Å²) in [6.07, 6.45) is 1.01. The van der Waals surface area contributed by atoms with Gasteiger partial charge in [0.15, 0.2) is 0 Å². The van der Waals surface area contributed by atoms with Crippen molar-refractivity contribution in [2.75, 3.05) is 0 Å². The van der Waals surface area contributed by atoms with Crippen LogP contribution in [0, 0.1) is 0 Å². The van der Waals surface area contributed by atoms with E-state index in [2.05, 4.69) is 45.0 Å². The number of pyridine rings is 1. The van der Waals surface area contributed by atoms with Gasteiger partial charge in [-0.1, -0.05) is 39.0 Å². The van der Waals surface area contributed by atoms with E-state index in [0.717, 1.165) is 17.6 Å². The number of aromatic nitrogens is 1. The second kappa shape index (κ2) is 4.84. The van der Waals surface area contributed by atoms with Crippen LogP contribution in [0.5, 0.6) is 0 Å². The van der Waals surface area contributed by atoms with E-state index < -0.39 is 0 Å². The van der Waals surface area contributed by atoms with Crippen LogP contribution in [0.25, 0.3) is 10.9 Å². The minimum atomic E-state index is 0.439. The van der Waals surface area contributed by atoms with Gasteiger partial charge in [0.05, 0.1) is 5.52 Å². The van der Waals surface area contributed by atoms with Gasteiger partial charge in [-0.25, -0.2) is 0 Å². The Morgan fingerprint density at radius 3 is 2.59 bits per heavy atom. The predicted octanol–water partition coefficient (Wildman–Crippen LogP) is 3.38. The second-order valence-electron chi connectivity index (χ2n) is 4.73. The van der Waals surface area contributed by atoms with Crippen molar-refractivity contribution in [1.29, 1.82) is 0 Å². The molecule has 0 radical (unpaired) electrons. The summed E-state index contributed by atoms with van der Waals surface area (Å²) in [5.74, 6) is 0.439. The number of aryl methyl sites for hydroxylation is 1. The van der Waals surface area contributed by atoms with E-state index in [1.807, 2.05) is 0 Å². The molecule has 0 saturated carbocycles. The molecule has 1 aromatic heterocycles. The average molecular weight is 228 g/mol.